The molecule has 0 bridgehead atoms. The van der Waals surface area contributed by atoms with Crippen molar-refractivity contribution >= 4 is 27.5 Å². The molecule has 2 aromatic rings. The van der Waals surface area contributed by atoms with Crippen LogP contribution in [0.3, 0.4) is 0 Å². The van der Waals surface area contributed by atoms with Gasteiger partial charge in [-0.15, -0.1) is 0 Å². The fraction of sp³-hybridized carbons (Fsp3) is 0.0667. The zero-order valence-corrected chi connectivity index (χ0v) is 12.0. The largest absolute Gasteiger partial charge is 0.488 e. The summed E-state index contributed by atoms with van der Waals surface area (Å²) in [6, 6.07) is 14.0. The monoisotopic (exact) mass is 306 g/mol. The number of fused-ring (bicyclic) bond motifs is 1. The molecule has 1 aliphatic heterocycles. The first kappa shape index (κ1) is 13.2. The summed E-state index contributed by atoms with van der Waals surface area (Å²) in [4.78, 5) is 0.473. The highest BCUT2D eigenvalue weighted by molar-refractivity contribution is 7.95. The van der Waals surface area contributed by atoms with Crippen molar-refractivity contribution < 1.29 is 13.2 Å². The van der Waals surface area contributed by atoms with Crippen LogP contribution in [0.4, 0.5) is 0 Å². The highest BCUT2D eigenvalue weighted by Crippen LogP contribution is 2.36. The van der Waals surface area contributed by atoms with E-state index in [0.717, 1.165) is 0 Å². The molecule has 0 unspecified atom stereocenters. The Hall–Kier alpha value is -1.78. The zero-order chi connectivity index (χ0) is 14.2. The molecule has 0 amide bonds. The molecule has 0 aliphatic carbocycles. The third kappa shape index (κ3) is 2.21. The number of halogens is 1. The van der Waals surface area contributed by atoms with Gasteiger partial charge < -0.3 is 4.74 Å². The van der Waals surface area contributed by atoms with Gasteiger partial charge in [-0.3, -0.25) is 0 Å². The van der Waals surface area contributed by atoms with E-state index in [9.17, 15) is 8.42 Å². The van der Waals surface area contributed by atoms with Crippen LogP contribution in [0.15, 0.2) is 58.3 Å². The predicted molar refractivity (Wildman–Crippen MR) is 78.6 cm³/mol. The van der Waals surface area contributed by atoms with Gasteiger partial charge in [0.2, 0.25) is 9.84 Å². The van der Waals surface area contributed by atoms with Crippen LogP contribution in [0.2, 0.25) is 5.02 Å². The highest BCUT2D eigenvalue weighted by atomic mass is 35.5. The van der Waals surface area contributed by atoms with Crippen LogP contribution >= 0.6 is 11.6 Å². The van der Waals surface area contributed by atoms with E-state index in [0.29, 0.717) is 16.3 Å². The van der Waals surface area contributed by atoms with Gasteiger partial charge in [0.25, 0.3) is 0 Å². The first-order valence-corrected chi connectivity index (χ1v) is 7.87. The molecule has 3 nitrogen and oxygen atoms in total. The number of hydrogen-bond acceptors (Lipinski definition) is 3. The molecule has 2 aromatic carbocycles. The molecule has 0 spiro atoms. The van der Waals surface area contributed by atoms with E-state index in [1.165, 1.54) is 0 Å². The summed E-state index contributed by atoms with van der Waals surface area (Å²) in [7, 11) is -3.49. The van der Waals surface area contributed by atoms with E-state index in [1.807, 2.05) is 18.2 Å². The zero-order valence-electron chi connectivity index (χ0n) is 10.4. The molecule has 102 valence electrons. The summed E-state index contributed by atoms with van der Waals surface area (Å²) >= 11 is 6.03. The van der Waals surface area contributed by atoms with E-state index in [2.05, 4.69) is 0 Å². The smallest absolute Gasteiger partial charge is 0.206 e. The number of hydrogen-bond donors (Lipinski definition) is 0. The van der Waals surface area contributed by atoms with Crippen molar-refractivity contribution in [2.45, 2.75) is 4.90 Å². The van der Waals surface area contributed by atoms with Crippen molar-refractivity contribution in [3.8, 4) is 5.75 Å². The van der Waals surface area contributed by atoms with Crippen LogP contribution in [0.1, 0.15) is 5.56 Å². The molecule has 0 N–H and O–H groups in total. The summed E-state index contributed by atoms with van der Waals surface area (Å²) in [5.41, 5.74) is 0.542. The topological polar surface area (TPSA) is 43.4 Å². The van der Waals surface area contributed by atoms with Gasteiger partial charge in [-0.2, -0.15) is 0 Å². The standard InChI is InChI=1S/C15H11ClO3S/c16-14-7-4-8-15-13(14)9-12(20(15,17)18)10-19-11-5-2-1-3-6-11/h1-9H,10H2. The third-order valence-electron chi connectivity index (χ3n) is 3.08. The number of sulfone groups is 1. The SMILES string of the molecule is O=S1(=O)C(COc2ccccc2)=Cc2c(Cl)cccc21. The molecule has 1 heterocycles. The predicted octanol–water partition coefficient (Wildman–Crippen LogP) is 3.55. The van der Waals surface area contributed by atoms with Crippen LogP contribution in [-0.4, -0.2) is 15.0 Å². The maximum Gasteiger partial charge on any atom is 0.206 e. The van der Waals surface area contributed by atoms with Gasteiger partial charge in [0.05, 0.1) is 9.80 Å². The molecule has 0 fully saturated rings. The number of rotatable bonds is 3. The Morgan fingerprint density at radius 3 is 2.45 bits per heavy atom. The molecule has 0 saturated carbocycles. The Morgan fingerprint density at radius 1 is 1.00 bits per heavy atom. The maximum absolute atomic E-state index is 12.4. The molecule has 3 rings (SSSR count). The van der Waals surface area contributed by atoms with Crippen LogP contribution in [0.25, 0.3) is 6.08 Å². The lowest BCUT2D eigenvalue weighted by molar-refractivity contribution is 0.359. The average Bonchev–Trinajstić information content (AvgIpc) is 2.71. The fourth-order valence-corrected chi connectivity index (χ4v) is 3.83. The van der Waals surface area contributed by atoms with Gasteiger partial charge in [-0.25, -0.2) is 8.42 Å². The highest BCUT2D eigenvalue weighted by Gasteiger charge is 2.31. The Bertz CT molecular complexity index is 780. The molecule has 1 aliphatic rings. The minimum atomic E-state index is -3.49. The van der Waals surface area contributed by atoms with Gasteiger partial charge in [0.1, 0.15) is 12.4 Å². The van der Waals surface area contributed by atoms with Gasteiger partial charge in [0.15, 0.2) is 0 Å². The third-order valence-corrected chi connectivity index (χ3v) is 5.27. The Balaban J connectivity index is 1.89. The van der Waals surface area contributed by atoms with Crippen molar-refractivity contribution in [1.82, 2.24) is 0 Å². The lowest BCUT2D eigenvalue weighted by Gasteiger charge is -2.07. The maximum atomic E-state index is 12.4. The number of ether oxygens (including phenoxy) is 1. The molecule has 0 aromatic heterocycles. The number of para-hydroxylation sites is 1. The quantitative estimate of drug-likeness (QED) is 0.871. The minimum Gasteiger partial charge on any atom is -0.488 e. The van der Waals surface area contributed by atoms with Crippen molar-refractivity contribution in [2.24, 2.45) is 0 Å². The molecular weight excluding hydrogens is 296 g/mol. The Morgan fingerprint density at radius 2 is 1.75 bits per heavy atom. The van der Waals surface area contributed by atoms with E-state index < -0.39 is 9.84 Å². The lowest BCUT2D eigenvalue weighted by atomic mass is 10.2. The molecule has 0 atom stereocenters. The molecular formula is C15H11ClO3S. The summed E-state index contributed by atoms with van der Waals surface area (Å²) in [5, 5.41) is 0.431. The van der Waals surface area contributed by atoms with Gasteiger partial charge in [-0.1, -0.05) is 35.9 Å². The lowest BCUT2D eigenvalue weighted by Crippen LogP contribution is -2.08. The second-order valence-electron chi connectivity index (χ2n) is 4.37. The van der Waals surface area contributed by atoms with Crippen LogP contribution in [0, 0.1) is 0 Å². The minimum absolute atomic E-state index is 0.00262. The van der Waals surface area contributed by atoms with Crippen LogP contribution in [-0.2, 0) is 9.84 Å². The fourth-order valence-electron chi connectivity index (χ4n) is 2.06. The summed E-state index contributed by atoms with van der Waals surface area (Å²) in [6.07, 6.45) is 1.58. The molecule has 5 heteroatoms. The van der Waals surface area contributed by atoms with Gasteiger partial charge >= 0.3 is 0 Å². The molecule has 20 heavy (non-hydrogen) atoms. The van der Waals surface area contributed by atoms with Crippen molar-refractivity contribution in [3.63, 3.8) is 0 Å². The van der Waals surface area contributed by atoms with Crippen molar-refractivity contribution in [2.75, 3.05) is 6.61 Å². The van der Waals surface area contributed by atoms with E-state index >= 15 is 0 Å². The Labute approximate surface area is 122 Å². The molecule has 0 saturated heterocycles. The van der Waals surface area contributed by atoms with E-state index in [-0.39, 0.29) is 16.4 Å². The summed E-state index contributed by atoms with van der Waals surface area (Å²) in [6.45, 7) is -0.00262. The van der Waals surface area contributed by atoms with Crippen LogP contribution in [0.5, 0.6) is 5.75 Å². The van der Waals surface area contributed by atoms with Crippen molar-refractivity contribution in [3.05, 3.63) is 64.0 Å². The van der Waals surface area contributed by atoms with E-state index in [4.69, 9.17) is 16.3 Å². The number of benzene rings is 2. The second-order valence-corrected chi connectivity index (χ2v) is 6.75. The Kier molecular flexibility index (Phi) is 3.28. The first-order valence-electron chi connectivity index (χ1n) is 6.01. The van der Waals surface area contributed by atoms with Crippen LogP contribution < -0.4 is 4.74 Å². The van der Waals surface area contributed by atoms with Crippen molar-refractivity contribution in [1.29, 1.82) is 0 Å². The molecule has 0 radical (unpaired) electrons. The summed E-state index contributed by atoms with van der Waals surface area (Å²) in [5.74, 6) is 0.630. The first-order chi connectivity index (χ1) is 9.59. The summed E-state index contributed by atoms with van der Waals surface area (Å²) < 4.78 is 30.2. The van der Waals surface area contributed by atoms with Gasteiger partial charge in [-0.05, 0) is 30.3 Å². The average molecular weight is 307 g/mol. The van der Waals surface area contributed by atoms with E-state index in [1.54, 1.807) is 36.4 Å². The van der Waals surface area contributed by atoms with Gasteiger partial charge in [0, 0.05) is 10.6 Å². The second kappa shape index (κ2) is 4.96. The normalized spacial score (nSPS) is 15.6.